The van der Waals surface area contributed by atoms with Crippen molar-refractivity contribution in [3.63, 3.8) is 0 Å². The molecule has 0 spiro atoms. The Labute approximate surface area is 298 Å². The van der Waals surface area contributed by atoms with Crippen LogP contribution >= 0.6 is 0 Å². The second kappa shape index (κ2) is 33.6. The van der Waals surface area contributed by atoms with E-state index >= 15 is 0 Å². The smallest absolute Gasteiger partial charge is 0.339 e. The molecule has 0 aliphatic carbocycles. The molecule has 0 amide bonds. The van der Waals surface area contributed by atoms with E-state index in [0.717, 1.165) is 50.5 Å². The summed E-state index contributed by atoms with van der Waals surface area (Å²) in [6.07, 6.45) is 38.3. The molecule has 0 fully saturated rings. The van der Waals surface area contributed by atoms with E-state index in [-0.39, 0.29) is 11.9 Å². The maximum atomic E-state index is 13.5. The molecular formula is C44H78O4. The number of carbonyl (C=O) groups excluding carboxylic acids is 2. The van der Waals surface area contributed by atoms with Crippen molar-refractivity contribution in [2.75, 3.05) is 13.2 Å². The maximum absolute atomic E-state index is 13.5. The van der Waals surface area contributed by atoms with Gasteiger partial charge in [-0.2, -0.15) is 0 Å². The third kappa shape index (κ3) is 24.3. The van der Waals surface area contributed by atoms with Gasteiger partial charge < -0.3 is 9.47 Å². The minimum Gasteiger partial charge on any atom is -0.462 e. The highest BCUT2D eigenvalue weighted by Crippen LogP contribution is 2.22. The molecule has 0 saturated carbocycles. The number of esters is 2. The Morgan fingerprint density at radius 1 is 0.417 bits per heavy atom. The van der Waals surface area contributed by atoms with Crippen LogP contribution in [0.3, 0.4) is 0 Å². The summed E-state index contributed by atoms with van der Waals surface area (Å²) in [4.78, 5) is 26.7. The van der Waals surface area contributed by atoms with Crippen molar-refractivity contribution in [1.82, 2.24) is 0 Å². The van der Waals surface area contributed by atoms with E-state index in [1.54, 1.807) is 6.07 Å². The average Bonchev–Trinajstić information content (AvgIpc) is 3.10. The van der Waals surface area contributed by atoms with Gasteiger partial charge in [0.05, 0.1) is 24.3 Å². The van der Waals surface area contributed by atoms with Crippen molar-refractivity contribution >= 4 is 11.9 Å². The van der Waals surface area contributed by atoms with Gasteiger partial charge in [-0.15, -0.1) is 0 Å². The molecule has 0 aromatic heterocycles. The quantitative estimate of drug-likeness (QED) is 0.0533. The Morgan fingerprint density at radius 2 is 0.750 bits per heavy atom. The van der Waals surface area contributed by atoms with Gasteiger partial charge in [0.25, 0.3) is 0 Å². The predicted molar refractivity (Wildman–Crippen MR) is 206 cm³/mol. The van der Waals surface area contributed by atoms with E-state index in [9.17, 15) is 9.59 Å². The lowest BCUT2D eigenvalue weighted by atomic mass is 9.96. The first-order valence-electron chi connectivity index (χ1n) is 21.1. The highest BCUT2D eigenvalue weighted by molar-refractivity contribution is 6.04. The largest absolute Gasteiger partial charge is 0.462 e. The van der Waals surface area contributed by atoms with Crippen LogP contribution in [0, 0.1) is 0 Å². The number of unbranched alkanes of at least 4 members (excludes halogenated alkanes) is 27. The predicted octanol–water partition coefficient (Wildman–Crippen LogP) is 14.3. The van der Waals surface area contributed by atoms with Gasteiger partial charge in [0.15, 0.2) is 0 Å². The molecule has 0 heterocycles. The van der Waals surface area contributed by atoms with Gasteiger partial charge in [0, 0.05) is 0 Å². The van der Waals surface area contributed by atoms with E-state index in [1.807, 2.05) is 12.1 Å². The van der Waals surface area contributed by atoms with Crippen molar-refractivity contribution in [2.45, 2.75) is 220 Å². The minimum atomic E-state index is -0.387. The summed E-state index contributed by atoms with van der Waals surface area (Å²) < 4.78 is 11.5. The van der Waals surface area contributed by atoms with Crippen molar-refractivity contribution in [3.05, 3.63) is 34.9 Å². The molecule has 0 N–H and O–H groups in total. The molecule has 0 saturated heterocycles. The topological polar surface area (TPSA) is 52.6 Å². The molecule has 48 heavy (non-hydrogen) atoms. The number of hydrogen-bond donors (Lipinski definition) is 0. The molecule has 0 bridgehead atoms. The molecule has 4 nitrogen and oxygen atoms in total. The number of ether oxygens (including phenoxy) is 2. The molecule has 0 atom stereocenters. The van der Waals surface area contributed by atoms with Crippen LogP contribution in [0.4, 0.5) is 0 Å². The van der Waals surface area contributed by atoms with Gasteiger partial charge in [0.1, 0.15) is 0 Å². The zero-order valence-electron chi connectivity index (χ0n) is 32.2. The Balaban J connectivity index is 2.55. The summed E-state index contributed by atoms with van der Waals surface area (Å²) in [6, 6.07) is 5.66. The highest BCUT2D eigenvalue weighted by atomic mass is 16.5. The van der Waals surface area contributed by atoms with Crippen LogP contribution in [0.2, 0.25) is 0 Å². The summed E-state index contributed by atoms with van der Waals surface area (Å²) in [5.74, 6) is -0.749. The lowest BCUT2D eigenvalue weighted by molar-refractivity contribution is 0.0449. The van der Waals surface area contributed by atoms with E-state index < -0.39 is 0 Å². The maximum Gasteiger partial charge on any atom is 0.339 e. The molecule has 278 valence electrons. The van der Waals surface area contributed by atoms with Gasteiger partial charge in [0.2, 0.25) is 0 Å². The second-order valence-corrected chi connectivity index (χ2v) is 14.4. The Bertz CT molecular complexity index is 879. The van der Waals surface area contributed by atoms with Crippen LogP contribution in [-0.4, -0.2) is 25.2 Å². The van der Waals surface area contributed by atoms with Crippen molar-refractivity contribution in [1.29, 1.82) is 0 Å². The number of aryl methyl sites for hydroxylation is 1. The van der Waals surface area contributed by atoms with Gasteiger partial charge >= 0.3 is 11.9 Å². The number of carbonyl (C=O) groups is 2. The highest BCUT2D eigenvalue weighted by Gasteiger charge is 2.23. The second-order valence-electron chi connectivity index (χ2n) is 14.4. The summed E-state index contributed by atoms with van der Waals surface area (Å²) in [7, 11) is 0. The molecule has 0 aliphatic heterocycles. The molecule has 0 radical (unpaired) electrons. The fourth-order valence-corrected chi connectivity index (χ4v) is 6.68. The van der Waals surface area contributed by atoms with Crippen LogP contribution in [0.5, 0.6) is 0 Å². The Morgan fingerprint density at radius 3 is 1.15 bits per heavy atom. The first-order chi connectivity index (χ1) is 23.7. The van der Waals surface area contributed by atoms with Gasteiger partial charge in [-0.05, 0) is 37.3 Å². The normalized spacial score (nSPS) is 11.2. The number of benzene rings is 1. The Kier molecular flexibility index (Phi) is 31.0. The monoisotopic (exact) mass is 671 g/mol. The van der Waals surface area contributed by atoms with Gasteiger partial charge in [-0.1, -0.05) is 206 Å². The summed E-state index contributed by atoms with van der Waals surface area (Å²) in [5, 5.41) is 0. The molecule has 0 unspecified atom stereocenters. The lowest BCUT2D eigenvalue weighted by Crippen LogP contribution is -2.17. The van der Waals surface area contributed by atoms with Crippen molar-refractivity contribution in [3.8, 4) is 0 Å². The fraction of sp³-hybridized carbons (Fsp3) is 0.818. The number of rotatable bonds is 35. The summed E-state index contributed by atoms with van der Waals surface area (Å²) in [5.41, 5.74) is 1.74. The van der Waals surface area contributed by atoms with E-state index in [1.165, 1.54) is 154 Å². The molecule has 0 aliphatic rings. The zero-order valence-corrected chi connectivity index (χ0v) is 32.2. The first-order valence-corrected chi connectivity index (χ1v) is 21.1. The van der Waals surface area contributed by atoms with Crippen LogP contribution in [0.1, 0.15) is 240 Å². The summed E-state index contributed by atoms with van der Waals surface area (Å²) in [6.45, 7) is 7.60. The fourth-order valence-electron chi connectivity index (χ4n) is 6.68. The van der Waals surface area contributed by atoms with E-state index in [4.69, 9.17) is 9.47 Å². The third-order valence-corrected chi connectivity index (χ3v) is 9.84. The summed E-state index contributed by atoms with van der Waals surface area (Å²) >= 11 is 0. The Hall–Kier alpha value is -1.84. The van der Waals surface area contributed by atoms with Crippen LogP contribution in [0.25, 0.3) is 0 Å². The standard InChI is InChI=1S/C44H78O4/c1-4-7-10-13-16-19-22-25-28-31-35-40-36-34-37-41(43(45)47-38-32-29-26-23-20-17-14-11-8-5-2)42(40)44(46)48-39-33-30-27-24-21-18-15-12-9-6-3/h34,36-37H,4-33,35,38-39H2,1-3H3. The average molecular weight is 671 g/mol. The SMILES string of the molecule is CCCCCCCCCCCCOC(=O)c1cccc(CCCCCCCCCCCC)c1C(=O)OCCCCCCCCCCCC. The van der Waals surface area contributed by atoms with Crippen molar-refractivity contribution < 1.29 is 19.1 Å². The van der Waals surface area contributed by atoms with Crippen LogP contribution < -0.4 is 0 Å². The first kappa shape index (κ1) is 44.2. The van der Waals surface area contributed by atoms with Gasteiger partial charge in [-0.25, -0.2) is 9.59 Å². The van der Waals surface area contributed by atoms with Crippen molar-refractivity contribution in [2.24, 2.45) is 0 Å². The molecule has 1 aromatic rings. The molecule has 4 heteroatoms. The lowest BCUT2D eigenvalue weighted by Gasteiger charge is -2.14. The van der Waals surface area contributed by atoms with E-state index in [0.29, 0.717) is 24.3 Å². The van der Waals surface area contributed by atoms with Crippen LogP contribution in [-0.2, 0) is 15.9 Å². The molecule has 1 rings (SSSR count). The molecular weight excluding hydrogens is 592 g/mol. The zero-order chi connectivity index (χ0) is 34.8. The number of hydrogen-bond acceptors (Lipinski definition) is 4. The van der Waals surface area contributed by atoms with Gasteiger partial charge in [-0.3, -0.25) is 0 Å². The van der Waals surface area contributed by atoms with Crippen LogP contribution in [0.15, 0.2) is 18.2 Å². The third-order valence-electron chi connectivity index (χ3n) is 9.84. The van der Waals surface area contributed by atoms with E-state index in [2.05, 4.69) is 20.8 Å². The minimum absolute atomic E-state index is 0.362. The molecule has 1 aromatic carbocycles.